The van der Waals surface area contributed by atoms with E-state index in [9.17, 15) is 5.21 Å². The summed E-state index contributed by atoms with van der Waals surface area (Å²) in [6.45, 7) is 2.80. The van der Waals surface area contributed by atoms with Gasteiger partial charge in [-0.1, -0.05) is 42.8 Å². The molecule has 0 saturated heterocycles. The predicted molar refractivity (Wildman–Crippen MR) is 71.7 cm³/mol. The number of hydrogen-bond acceptors (Lipinski definition) is 2. The zero-order chi connectivity index (χ0) is 11.6. The number of halogens is 1. The van der Waals surface area contributed by atoms with Crippen molar-refractivity contribution in [2.24, 2.45) is 0 Å². The van der Waals surface area contributed by atoms with Crippen molar-refractivity contribution in [3.63, 3.8) is 0 Å². The molecule has 1 aromatic rings. The number of rotatable bonds is 4. The Morgan fingerprint density at radius 1 is 1.44 bits per heavy atom. The largest absolute Gasteiger partial charge is 0.627 e. The monoisotopic (exact) mass is 257 g/mol. The van der Waals surface area contributed by atoms with Crippen molar-refractivity contribution < 1.29 is 0 Å². The van der Waals surface area contributed by atoms with E-state index < -0.39 is 0 Å². The smallest absolute Gasteiger partial charge is 0.166 e. The van der Waals surface area contributed by atoms with Gasteiger partial charge < -0.3 is 9.85 Å². The van der Waals surface area contributed by atoms with Crippen LogP contribution in [0.25, 0.3) is 0 Å². The van der Waals surface area contributed by atoms with E-state index >= 15 is 0 Å². The third kappa shape index (κ3) is 2.23. The summed E-state index contributed by atoms with van der Waals surface area (Å²) in [5, 5.41) is 13.3. The Bertz CT molecular complexity index is 385. The molecule has 0 aliphatic carbocycles. The van der Waals surface area contributed by atoms with Crippen LogP contribution >= 0.6 is 23.4 Å². The number of benzene rings is 1. The van der Waals surface area contributed by atoms with Crippen LogP contribution in [0.5, 0.6) is 0 Å². The van der Waals surface area contributed by atoms with Gasteiger partial charge in [-0.15, -0.1) is 0 Å². The molecular weight excluding hydrogens is 242 g/mol. The highest BCUT2D eigenvalue weighted by Gasteiger charge is 2.33. The molecular formula is C12H16ClNOS. The van der Waals surface area contributed by atoms with Crippen LogP contribution in [0.1, 0.15) is 26.2 Å². The molecule has 0 aromatic heterocycles. The van der Waals surface area contributed by atoms with Crippen LogP contribution in [0, 0.1) is 5.21 Å². The number of hydrogen-bond donors (Lipinski definition) is 0. The van der Waals surface area contributed by atoms with E-state index in [-0.39, 0.29) is 4.65 Å². The molecule has 1 heterocycles. The SMILES string of the molecule is CCCCC[N+]1([O-])CSc2cccc(Cl)c21. The molecule has 0 radical (unpaired) electrons. The van der Waals surface area contributed by atoms with E-state index in [1.807, 2.05) is 18.2 Å². The lowest BCUT2D eigenvalue weighted by Crippen LogP contribution is -2.41. The first-order valence-electron chi connectivity index (χ1n) is 5.67. The first-order valence-corrected chi connectivity index (χ1v) is 7.04. The fraction of sp³-hybridized carbons (Fsp3) is 0.500. The van der Waals surface area contributed by atoms with Crippen LogP contribution in [0.2, 0.25) is 5.02 Å². The maximum Gasteiger partial charge on any atom is 0.166 e. The van der Waals surface area contributed by atoms with Crippen LogP contribution in [-0.2, 0) is 0 Å². The molecule has 16 heavy (non-hydrogen) atoms. The lowest BCUT2D eigenvalue weighted by Gasteiger charge is -2.38. The standard InChI is InChI=1S/C12H16ClNOS/c1-2-3-4-8-14(15)9-16-11-7-5-6-10(13)12(11)14/h5-7H,2-4,8-9H2,1H3. The summed E-state index contributed by atoms with van der Waals surface area (Å²) in [6, 6.07) is 5.72. The summed E-state index contributed by atoms with van der Waals surface area (Å²) in [6.07, 6.45) is 3.24. The van der Waals surface area contributed by atoms with Gasteiger partial charge in [-0.3, -0.25) is 0 Å². The molecule has 1 atom stereocenters. The highest BCUT2D eigenvalue weighted by atomic mass is 35.5. The number of unbranched alkanes of at least 4 members (excludes halogenated alkanes) is 2. The summed E-state index contributed by atoms with van der Waals surface area (Å²) in [5.41, 5.74) is 0.783. The molecule has 1 aromatic carbocycles. The molecule has 2 nitrogen and oxygen atoms in total. The molecule has 0 fully saturated rings. The maximum absolute atomic E-state index is 12.7. The Hall–Kier alpha value is -0.220. The van der Waals surface area contributed by atoms with Crippen LogP contribution in [0.3, 0.4) is 0 Å². The highest BCUT2D eigenvalue weighted by molar-refractivity contribution is 7.99. The van der Waals surface area contributed by atoms with E-state index in [4.69, 9.17) is 11.6 Å². The minimum absolute atomic E-state index is 0.250. The molecule has 0 bridgehead atoms. The van der Waals surface area contributed by atoms with Crippen molar-refractivity contribution >= 4 is 29.1 Å². The quantitative estimate of drug-likeness (QED) is 0.453. The van der Waals surface area contributed by atoms with Gasteiger partial charge in [-0.2, -0.15) is 0 Å². The third-order valence-electron chi connectivity index (χ3n) is 2.91. The van der Waals surface area contributed by atoms with E-state index in [1.165, 1.54) is 0 Å². The second kappa shape index (κ2) is 4.96. The van der Waals surface area contributed by atoms with E-state index in [1.54, 1.807) is 11.8 Å². The molecule has 0 amide bonds. The number of hydroxylamine groups is 2. The Labute approximate surface area is 106 Å². The lowest BCUT2D eigenvalue weighted by molar-refractivity contribution is 0.415. The molecule has 0 N–H and O–H groups in total. The number of nitrogens with zero attached hydrogens (tertiary/aromatic N) is 1. The fourth-order valence-corrected chi connectivity index (χ4v) is 3.62. The van der Waals surface area contributed by atoms with Gasteiger partial charge in [-0.25, -0.2) is 0 Å². The molecule has 4 heteroatoms. The number of thioether (sulfide) groups is 1. The Morgan fingerprint density at radius 2 is 2.25 bits per heavy atom. The van der Waals surface area contributed by atoms with Gasteiger partial charge in [0.25, 0.3) is 0 Å². The van der Waals surface area contributed by atoms with E-state index in [0.717, 1.165) is 29.8 Å². The average Bonchev–Trinajstić information content (AvgIpc) is 2.59. The number of fused-ring (bicyclic) bond motifs is 1. The van der Waals surface area contributed by atoms with E-state index in [2.05, 4.69) is 6.92 Å². The summed E-state index contributed by atoms with van der Waals surface area (Å²) < 4.78 is -0.250. The molecule has 0 saturated carbocycles. The van der Waals surface area contributed by atoms with Crippen LogP contribution in [0.15, 0.2) is 23.1 Å². The van der Waals surface area contributed by atoms with Crippen molar-refractivity contribution in [2.45, 2.75) is 31.1 Å². The normalized spacial score (nSPS) is 23.4. The number of para-hydroxylation sites is 1. The van der Waals surface area contributed by atoms with Crippen LogP contribution in [-0.4, -0.2) is 12.4 Å². The molecule has 88 valence electrons. The summed E-state index contributed by atoms with van der Waals surface area (Å²) in [5.74, 6) is 0.572. The zero-order valence-electron chi connectivity index (χ0n) is 9.41. The van der Waals surface area contributed by atoms with Gasteiger partial charge >= 0.3 is 0 Å². The molecule has 2 rings (SSSR count). The molecule has 1 unspecified atom stereocenters. The van der Waals surface area contributed by atoms with Crippen molar-refractivity contribution in [2.75, 3.05) is 12.4 Å². The van der Waals surface area contributed by atoms with Crippen molar-refractivity contribution in [3.8, 4) is 0 Å². The predicted octanol–water partition coefficient (Wildman–Crippen LogP) is 4.40. The Kier molecular flexibility index (Phi) is 3.80. The third-order valence-corrected chi connectivity index (χ3v) is 4.40. The number of quaternary nitrogens is 1. The first kappa shape index (κ1) is 12.2. The van der Waals surface area contributed by atoms with Gasteiger partial charge in [0.05, 0.1) is 11.4 Å². The second-order valence-electron chi connectivity index (χ2n) is 4.18. The first-order chi connectivity index (χ1) is 7.67. The lowest BCUT2D eigenvalue weighted by atomic mass is 10.2. The Balaban J connectivity index is 2.20. The minimum atomic E-state index is -0.250. The Morgan fingerprint density at radius 3 is 3.00 bits per heavy atom. The molecule has 1 aliphatic heterocycles. The van der Waals surface area contributed by atoms with Gasteiger partial charge in [0.1, 0.15) is 10.9 Å². The summed E-state index contributed by atoms with van der Waals surface area (Å²) in [7, 11) is 0. The second-order valence-corrected chi connectivity index (χ2v) is 5.57. The van der Waals surface area contributed by atoms with Crippen molar-refractivity contribution in [3.05, 3.63) is 28.4 Å². The van der Waals surface area contributed by atoms with Crippen LogP contribution < -0.4 is 4.65 Å². The van der Waals surface area contributed by atoms with Crippen molar-refractivity contribution in [1.29, 1.82) is 0 Å². The van der Waals surface area contributed by atoms with Gasteiger partial charge in [0, 0.05) is 0 Å². The molecule has 1 aliphatic rings. The van der Waals surface area contributed by atoms with Gasteiger partial charge in [0.2, 0.25) is 0 Å². The minimum Gasteiger partial charge on any atom is -0.627 e. The van der Waals surface area contributed by atoms with Gasteiger partial charge in [-0.05, 0) is 25.0 Å². The fourth-order valence-electron chi connectivity index (χ4n) is 2.04. The maximum atomic E-state index is 12.7. The van der Waals surface area contributed by atoms with Crippen molar-refractivity contribution in [1.82, 2.24) is 4.65 Å². The summed E-state index contributed by atoms with van der Waals surface area (Å²) >= 11 is 7.76. The molecule has 0 spiro atoms. The van der Waals surface area contributed by atoms with E-state index in [0.29, 0.717) is 17.4 Å². The zero-order valence-corrected chi connectivity index (χ0v) is 11.0. The topological polar surface area (TPSA) is 23.1 Å². The van der Waals surface area contributed by atoms with Crippen LogP contribution in [0.4, 0.5) is 5.69 Å². The highest BCUT2D eigenvalue weighted by Crippen LogP contribution is 2.47. The summed E-state index contributed by atoms with van der Waals surface area (Å²) in [4.78, 5) is 1.05. The van der Waals surface area contributed by atoms with Gasteiger partial charge in [0.15, 0.2) is 5.69 Å². The average molecular weight is 258 g/mol.